The fourth-order valence-corrected chi connectivity index (χ4v) is 7.67. The lowest BCUT2D eigenvalue weighted by Gasteiger charge is -2.31. The van der Waals surface area contributed by atoms with Crippen LogP contribution in [0.3, 0.4) is 0 Å². The Morgan fingerprint density at radius 2 is 1.63 bits per heavy atom. The summed E-state index contributed by atoms with van der Waals surface area (Å²) < 4.78 is 36.1. The molecule has 0 radical (unpaired) electrons. The van der Waals surface area contributed by atoms with Crippen LogP contribution in [0.25, 0.3) is 0 Å². The van der Waals surface area contributed by atoms with Crippen LogP contribution in [0.2, 0.25) is 0 Å². The zero-order valence-electron chi connectivity index (χ0n) is 27.1. The van der Waals surface area contributed by atoms with Crippen molar-refractivity contribution in [2.24, 2.45) is 23.7 Å². The first-order chi connectivity index (χ1) is 21.0. The Morgan fingerprint density at radius 1 is 0.884 bits per heavy atom. The van der Waals surface area contributed by atoms with E-state index in [0.29, 0.717) is 18.8 Å². The van der Waals surface area contributed by atoms with Gasteiger partial charge >= 0.3 is 11.9 Å². The Balaban J connectivity index is 1.49. The molecule has 0 aromatic rings. The number of carbonyl (C=O) groups excluding carboxylic acids is 2. The van der Waals surface area contributed by atoms with E-state index in [1.807, 2.05) is 0 Å². The number of ether oxygens (including phenoxy) is 6. The van der Waals surface area contributed by atoms with Crippen LogP contribution in [-0.4, -0.2) is 63.2 Å². The van der Waals surface area contributed by atoms with Crippen molar-refractivity contribution in [1.29, 1.82) is 0 Å². The molecule has 8 nitrogen and oxygen atoms in total. The van der Waals surface area contributed by atoms with Crippen LogP contribution >= 0.6 is 0 Å². The van der Waals surface area contributed by atoms with Gasteiger partial charge in [-0.25, -0.2) is 0 Å². The van der Waals surface area contributed by atoms with E-state index in [1.165, 1.54) is 39.7 Å². The first-order valence-electron chi connectivity index (χ1n) is 17.4. The first kappa shape index (κ1) is 34.4. The molecular formula is C35H58O8. The smallest absolute Gasteiger partial charge is 0.305 e. The fraction of sp³-hybridized carbons (Fsp3) is 0.886. The molecule has 2 aliphatic carbocycles. The second kappa shape index (κ2) is 18.5. The molecule has 246 valence electrons. The summed E-state index contributed by atoms with van der Waals surface area (Å²) in [6.45, 7) is 5.31. The summed E-state index contributed by atoms with van der Waals surface area (Å²) in [7, 11) is 1.44. The SMILES string of the molecule is CCC1CCC([C@@H](C=C[C@@H]2[C@@H](CCCCCCC(=O)OC)[C@@H](OC(C)=O)C[C@H]2OC2CCCCO2)OC2CCCCO2)C1. The van der Waals surface area contributed by atoms with Gasteiger partial charge in [-0.1, -0.05) is 51.2 Å². The maximum Gasteiger partial charge on any atom is 0.305 e. The third-order valence-electron chi connectivity index (χ3n) is 10.1. The van der Waals surface area contributed by atoms with Crippen LogP contribution in [0.15, 0.2) is 12.2 Å². The molecule has 4 aliphatic rings. The molecule has 0 amide bonds. The lowest BCUT2D eigenvalue weighted by Crippen LogP contribution is -2.32. The fourth-order valence-electron chi connectivity index (χ4n) is 7.67. The molecule has 0 spiro atoms. The van der Waals surface area contributed by atoms with E-state index in [2.05, 4.69) is 19.1 Å². The second-order valence-electron chi connectivity index (χ2n) is 13.3. The predicted octanol–water partition coefficient (Wildman–Crippen LogP) is 7.27. The minimum atomic E-state index is -0.238. The van der Waals surface area contributed by atoms with Crippen molar-refractivity contribution >= 4 is 11.9 Å². The predicted molar refractivity (Wildman–Crippen MR) is 164 cm³/mol. The molecule has 0 bridgehead atoms. The van der Waals surface area contributed by atoms with Crippen molar-refractivity contribution in [3.63, 3.8) is 0 Å². The highest BCUT2D eigenvalue weighted by Gasteiger charge is 2.45. The Labute approximate surface area is 259 Å². The molecule has 2 saturated carbocycles. The minimum absolute atomic E-state index is 0.0120. The highest BCUT2D eigenvalue weighted by Crippen LogP contribution is 2.43. The number of esters is 2. The van der Waals surface area contributed by atoms with Gasteiger partial charge < -0.3 is 28.4 Å². The van der Waals surface area contributed by atoms with Gasteiger partial charge in [0, 0.05) is 44.8 Å². The van der Waals surface area contributed by atoms with Crippen molar-refractivity contribution in [3.05, 3.63) is 12.2 Å². The van der Waals surface area contributed by atoms with Crippen LogP contribution in [0, 0.1) is 23.7 Å². The lowest BCUT2D eigenvalue weighted by molar-refractivity contribution is -0.193. The van der Waals surface area contributed by atoms with Crippen molar-refractivity contribution < 1.29 is 38.0 Å². The molecule has 9 atom stereocenters. The average molecular weight is 607 g/mol. The highest BCUT2D eigenvalue weighted by atomic mass is 16.7. The van der Waals surface area contributed by atoms with Gasteiger partial charge in [0.15, 0.2) is 12.6 Å². The molecule has 0 N–H and O–H groups in total. The summed E-state index contributed by atoms with van der Waals surface area (Å²) in [5.74, 6) is 1.13. The monoisotopic (exact) mass is 606 g/mol. The average Bonchev–Trinajstić information content (AvgIpc) is 3.62. The summed E-state index contributed by atoms with van der Waals surface area (Å²) >= 11 is 0. The van der Waals surface area contributed by atoms with Crippen molar-refractivity contribution in [2.45, 2.75) is 154 Å². The minimum Gasteiger partial charge on any atom is -0.469 e. The number of methoxy groups -OCH3 is 1. The Bertz CT molecular complexity index is 849. The zero-order chi connectivity index (χ0) is 30.4. The quantitative estimate of drug-likeness (QED) is 0.103. The van der Waals surface area contributed by atoms with Gasteiger partial charge in [-0.2, -0.15) is 0 Å². The Kier molecular flexibility index (Phi) is 14.8. The van der Waals surface area contributed by atoms with Gasteiger partial charge in [-0.3, -0.25) is 9.59 Å². The van der Waals surface area contributed by atoms with E-state index in [0.717, 1.165) is 89.8 Å². The maximum atomic E-state index is 12.2. The van der Waals surface area contributed by atoms with Crippen LogP contribution in [0.5, 0.6) is 0 Å². The molecule has 8 heteroatoms. The second-order valence-corrected chi connectivity index (χ2v) is 13.3. The first-order valence-corrected chi connectivity index (χ1v) is 17.4. The molecule has 0 aromatic heterocycles. The normalized spacial score (nSPS) is 33.9. The van der Waals surface area contributed by atoms with Gasteiger partial charge in [-0.05, 0) is 76.0 Å². The highest BCUT2D eigenvalue weighted by molar-refractivity contribution is 5.69. The summed E-state index contributed by atoms with van der Waals surface area (Å²) in [4.78, 5) is 23.7. The maximum absolute atomic E-state index is 12.2. The number of carbonyl (C=O) groups is 2. The molecule has 2 heterocycles. The largest absolute Gasteiger partial charge is 0.469 e. The summed E-state index contributed by atoms with van der Waals surface area (Å²) in [5.41, 5.74) is 0. The van der Waals surface area contributed by atoms with E-state index in [1.54, 1.807) is 0 Å². The number of rotatable bonds is 16. The van der Waals surface area contributed by atoms with E-state index in [4.69, 9.17) is 28.4 Å². The van der Waals surface area contributed by atoms with Crippen LogP contribution in [-0.2, 0) is 38.0 Å². The standard InChI is InChI=1S/C35H58O8/c1-4-26-17-18-27(23-26)30(42-34-15-9-11-21-39-34)20-19-29-28(13-7-5-6-8-14-33(37)38-3)31(41-25(2)36)24-32(29)43-35-16-10-12-22-40-35/h19-20,26-32,34-35H,4-18,21-24H2,1-3H3/t26?,27?,28-,29-,30-,31+,32-,34?,35?/m1/s1. The van der Waals surface area contributed by atoms with Crippen molar-refractivity contribution in [3.8, 4) is 0 Å². The summed E-state index contributed by atoms with van der Waals surface area (Å²) in [6, 6.07) is 0. The Morgan fingerprint density at radius 3 is 2.28 bits per heavy atom. The molecule has 4 fully saturated rings. The molecule has 4 unspecified atom stereocenters. The Hall–Kier alpha value is -1.48. The van der Waals surface area contributed by atoms with E-state index in [9.17, 15) is 9.59 Å². The molecule has 0 aromatic carbocycles. The van der Waals surface area contributed by atoms with Crippen molar-refractivity contribution in [1.82, 2.24) is 0 Å². The van der Waals surface area contributed by atoms with Crippen LogP contribution < -0.4 is 0 Å². The third-order valence-corrected chi connectivity index (χ3v) is 10.1. The molecular weight excluding hydrogens is 548 g/mol. The molecule has 2 aliphatic heterocycles. The van der Waals surface area contributed by atoms with E-state index < -0.39 is 0 Å². The van der Waals surface area contributed by atoms with Gasteiger partial charge in [0.1, 0.15) is 6.10 Å². The van der Waals surface area contributed by atoms with E-state index >= 15 is 0 Å². The summed E-state index contributed by atoms with van der Waals surface area (Å²) in [6.07, 6.45) is 21.2. The molecule has 2 saturated heterocycles. The lowest BCUT2D eigenvalue weighted by atomic mass is 9.87. The molecule has 4 rings (SSSR count). The zero-order valence-corrected chi connectivity index (χ0v) is 27.1. The van der Waals surface area contributed by atoms with E-state index in [-0.39, 0.29) is 54.7 Å². The van der Waals surface area contributed by atoms with Crippen LogP contribution in [0.4, 0.5) is 0 Å². The van der Waals surface area contributed by atoms with Gasteiger partial charge in [0.2, 0.25) is 0 Å². The van der Waals surface area contributed by atoms with Crippen LogP contribution in [0.1, 0.15) is 123 Å². The number of hydrogen-bond donors (Lipinski definition) is 0. The number of unbranched alkanes of at least 4 members (excludes halogenated alkanes) is 3. The van der Waals surface area contributed by atoms with Gasteiger partial charge in [0.25, 0.3) is 0 Å². The topological polar surface area (TPSA) is 89.5 Å². The van der Waals surface area contributed by atoms with Gasteiger partial charge in [-0.15, -0.1) is 0 Å². The van der Waals surface area contributed by atoms with Crippen molar-refractivity contribution in [2.75, 3.05) is 20.3 Å². The third kappa shape index (κ3) is 11.1. The number of hydrogen-bond acceptors (Lipinski definition) is 8. The molecule has 43 heavy (non-hydrogen) atoms. The summed E-state index contributed by atoms with van der Waals surface area (Å²) in [5, 5.41) is 0. The van der Waals surface area contributed by atoms with Gasteiger partial charge in [0.05, 0.1) is 19.3 Å².